The smallest absolute Gasteiger partial charge is 0.120 e. The first-order valence-electron chi connectivity index (χ1n) is 7.70. The van der Waals surface area contributed by atoms with Gasteiger partial charge in [0.05, 0.1) is 0 Å². The van der Waals surface area contributed by atoms with Gasteiger partial charge in [0, 0.05) is 12.5 Å². The van der Waals surface area contributed by atoms with Crippen LogP contribution in [0.1, 0.15) is 45.5 Å². The molecule has 3 rings (SSSR count). The van der Waals surface area contributed by atoms with E-state index in [1.165, 1.54) is 34.5 Å². The minimum Gasteiger partial charge on any atom is -0.299 e. The lowest BCUT2D eigenvalue weighted by molar-refractivity contribution is 0.204. The van der Waals surface area contributed by atoms with Gasteiger partial charge in [0.1, 0.15) is 10.0 Å². The van der Waals surface area contributed by atoms with E-state index in [0.717, 1.165) is 24.6 Å². The van der Waals surface area contributed by atoms with E-state index in [0.29, 0.717) is 5.92 Å². The van der Waals surface area contributed by atoms with E-state index in [9.17, 15) is 0 Å². The Morgan fingerprint density at radius 2 is 1.90 bits per heavy atom. The summed E-state index contributed by atoms with van der Waals surface area (Å²) in [6, 6.07) is 6.76. The molecule has 0 bridgehead atoms. The van der Waals surface area contributed by atoms with Crippen LogP contribution in [0.3, 0.4) is 0 Å². The highest BCUT2D eigenvalue weighted by molar-refractivity contribution is 7.11. The Bertz CT molecular complexity index is 612. The molecule has 3 nitrogen and oxygen atoms in total. The summed E-state index contributed by atoms with van der Waals surface area (Å²) in [5.74, 6) is 0.617. The van der Waals surface area contributed by atoms with Gasteiger partial charge in [0.2, 0.25) is 0 Å². The number of hydrogen-bond acceptors (Lipinski definition) is 4. The highest BCUT2D eigenvalue weighted by atomic mass is 32.1. The molecule has 0 spiro atoms. The Labute approximate surface area is 131 Å². The molecule has 21 heavy (non-hydrogen) atoms. The van der Waals surface area contributed by atoms with Crippen LogP contribution in [-0.2, 0) is 6.54 Å². The first-order valence-corrected chi connectivity index (χ1v) is 8.52. The van der Waals surface area contributed by atoms with Gasteiger partial charge in [-0.25, -0.2) is 0 Å². The van der Waals surface area contributed by atoms with E-state index in [1.54, 1.807) is 11.3 Å². The van der Waals surface area contributed by atoms with E-state index in [-0.39, 0.29) is 0 Å². The fourth-order valence-electron chi connectivity index (χ4n) is 3.03. The van der Waals surface area contributed by atoms with Crippen molar-refractivity contribution in [2.75, 3.05) is 13.1 Å². The second-order valence-corrected chi connectivity index (χ2v) is 7.35. The maximum atomic E-state index is 4.32. The van der Waals surface area contributed by atoms with E-state index in [1.807, 2.05) is 6.92 Å². The molecule has 2 aromatic rings. The summed E-state index contributed by atoms with van der Waals surface area (Å²) < 4.78 is 0. The molecule has 0 amide bonds. The monoisotopic (exact) mass is 301 g/mol. The molecular weight excluding hydrogens is 278 g/mol. The van der Waals surface area contributed by atoms with Crippen molar-refractivity contribution < 1.29 is 0 Å². The maximum absolute atomic E-state index is 4.32. The fraction of sp³-hybridized carbons (Fsp3) is 0.529. The number of aromatic nitrogens is 2. The molecule has 0 aliphatic carbocycles. The molecule has 1 aliphatic heterocycles. The Balaban J connectivity index is 1.60. The molecule has 1 aromatic heterocycles. The van der Waals surface area contributed by atoms with Crippen LogP contribution in [-0.4, -0.2) is 28.2 Å². The zero-order chi connectivity index (χ0) is 14.8. The van der Waals surface area contributed by atoms with Gasteiger partial charge in [-0.05, 0) is 57.8 Å². The molecule has 0 atom stereocenters. The van der Waals surface area contributed by atoms with Crippen LogP contribution in [0.4, 0.5) is 0 Å². The normalized spacial score (nSPS) is 17.3. The van der Waals surface area contributed by atoms with Crippen LogP contribution >= 0.6 is 11.3 Å². The van der Waals surface area contributed by atoms with Gasteiger partial charge >= 0.3 is 0 Å². The van der Waals surface area contributed by atoms with Crippen LogP contribution in [0.5, 0.6) is 0 Å². The summed E-state index contributed by atoms with van der Waals surface area (Å²) in [7, 11) is 0. The molecule has 0 unspecified atom stereocenters. The van der Waals surface area contributed by atoms with E-state index >= 15 is 0 Å². The molecule has 0 radical (unpaired) electrons. The standard InChI is InChI=1S/C17H23N3S/c1-12-4-5-13(2)16(10-12)11-20-8-6-15(7-9-20)17-19-18-14(3)21-17/h4-5,10,15H,6-9,11H2,1-3H3. The van der Waals surface area contributed by atoms with Crippen LogP contribution in [0.25, 0.3) is 0 Å². The molecule has 1 aromatic carbocycles. The predicted molar refractivity (Wildman–Crippen MR) is 87.8 cm³/mol. The van der Waals surface area contributed by atoms with Gasteiger partial charge in [0.25, 0.3) is 0 Å². The molecule has 0 saturated carbocycles. The molecule has 1 fully saturated rings. The SMILES string of the molecule is Cc1ccc(C)c(CN2CCC(c3nnc(C)s3)CC2)c1. The number of rotatable bonds is 3. The quantitative estimate of drug-likeness (QED) is 0.862. The Morgan fingerprint density at radius 3 is 2.57 bits per heavy atom. The highest BCUT2D eigenvalue weighted by Crippen LogP contribution is 2.30. The number of nitrogens with zero attached hydrogens (tertiary/aromatic N) is 3. The van der Waals surface area contributed by atoms with Gasteiger partial charge in [-0.2, -0.15) is 0 Å². The Morgan fingerprint density at radius 1 is 1.14 bits per heavy atom. The predicted octanol–water partition coefficient (Wildman–Crippen LogP) is 3.84. The van der Waals surface area contributed by atoms with E-state index < -0.39 is 0 Å². The van der Waals surface area contributed by atoms with Crippen LogP contribution in [0, 0.1) is 20.8 Å². The summed E-state index contributed by atoms with van der Waals surface area (Å²) in [5.41, 5.74) is 4.23. The average Bonchev–Trinajstić information content (AvgIpc) is 2.90. The molecular formula is C17H23N3S. The maximum Gasteiger partial charge on any atom is 0.120 e. The van der Waals surface area contributed by atoms with Gasteiger partial charge < -0.3 is 0 Å². The van der Waals surface area contributed by atoms with E-state index in [2.05, 4.69) is 47.1 Å². The van der Waals surface area contributed by atoms with Crippen LogP contribution < -0.4 is 0 Å². The van der Waals surface area contributed by atoms with Crippen molar-refractivity contribution in [1.29, 1.82) is 0 Å². The van der Waals surface area contributed by atoms with E-state index in [4.69, 9.17) is 0 Å². The van der Waals surface area contributed by atoms with Crippen LogP contribution in [0.15, 0.2) is 18.2 Å². The molecule has 1 saturated heterocycles. The lowest BCUT2D eigenvalue weighted by Gasteiger charge is -2.31. The van der Waals surface area contributed by atoms with Gasteiger partial charge in [-0.1, -0.05) is 23.8 Å². The third-order valence-corrected chi connectivity index (χ3v) is 5.38. The summed E-state index contributed by atoms with van der Waals surface area (Å²) in [6.45, 7) is 9.83. The minimum atomic E-state index is 0.617. The summed E-state index contributed by atoms with van der Waals surface area (Å²) >= 11 is 1.76. The van der Waals surface area contributed by atoms with Crippen molar-refractivity contribution in [3.8, 4) is 0 Å². The number of benzene rings is 1. The molecule has 4 heteroatoms. The van der Waals surface area contributed by atoms with Crippen molar-refractivity contribution in [2.45, 2.75) is 46.1 Å². The highest BCUT2D eigenvalue weighted by Gasteiger charge is 2.23. The lowest BCUT2D eigenvalue weighted by Crippen LogP contribution is -2.32. The summed E-state index contributed by atoms with van der Waals surface area (Å²) in [5, 5.41) is 10.8. The van der Waals surface area contributed by atoms with Gasteiger partial charge in [-0.3, -0.25) is 4.90 Å². The van der Waals surface area contributed by atoms with Gasteiger partial charge in [-0.15, -0.1) is 21.5 Å². The second-order valence-electron chi connectivity index (χ2n) is 6.14. The fourth-order valence-corrected chi connectivity index (χ4v) is 3.89. The summed E-state index contributed by atoms with van der Waals surface area (Å²) in [4.78, 5) is 2.58. The van der Waals surface area contributed by atoms with Gasteiger partial charge in [0.15, 0.2) is 0 Å². The van der Waals surface area contributed by atoms with Crippen molar-refractivity contribution in [2.24, 2.45) is 0 Å². The second kappa shape index (κ2) is 6.24. The number of piperidine rings is 1. The number of hydrogen-bond donors (Lipinski definition) is 0. The van der Waals surface area contributed by atoms with Crippen LogP contribution in [0.2, 0.25) is 0 Å². The molecule has 2 heterocycles. The van der Waals surface area contributed by atoms with Crippen molar-refractivity contribution >= 4 is 11.3 Å². The zero-order valence-electron chi connectivity index (χ0n) is 13.1. The lowest BCUT2D eigenvalue weighted by atomic mass is 9.96. The number of likely N-dealkylation sites (tertiary alicyclic amines) is 1. The third kappa shape index (κ3) is 3.50. The first-order chi connectivity index (χ1) is 10.1. The topological polar surface area (TPSA) is 29.0 Å². The number of aryl methyl sites for hydroxylation is 3. The average molecular weight is 301 g/mol. The largest absolute Gasteiger partial charge is 0.299 e. The van der Waals surface area contributed by atoms with Crippen molar-refractivity contribution in [3.05, 3.63) is 44.9 Å². The van der Waals surface area contributed by atoms with Crippen molar-refractivity contribution in [1.82, 2.24) is 15.1 Å². The molecule has 0 N–H and O–H groups in total. The Kier molecular flexibility index (Phi) is 4.36. The third-order valence-electron chi connectivity index (χ3n) is 4.38. The molecule has 112 valence electrons. The molecule has 1 aliphatic rings. The minimum absolute atomic E-state index is 0.617. The zero-order valence-corrected chi connectivity index (χ0v) is 13.9. The summed E-state index contributed by atoms with van der Waals surface area (Å²) in [6.07, 6.45) is 2.42. The Hall–Kier alpha value is -1.26. The first kappa shape index (κ1) is 14.7. The van der Waals surface area contributed by atoms with Crippen molar-refractivity contribution in [3.63, 3.8) is 0 Å².